The van der Waals surface area contributed by atoms with Crippen LogP contribution < -0.4 is 0 Å². The Bertz CT molecular complexity index is 202. The smallest absolute Gasteiger partial charge is 0.134 e. The molecule has 0 aromatic carbocycles. The fraction of sp³-hybridized carbons (Fsp3) is 0.917. The summed E-state index contributed by atoms with van der Waals surface area (Å²) >= 11 is 0. The summed E-state index contributed by atoms with van der Waals surface area (Å²) in [6.07, 6.45) is 4.60. The van der Waals surface area contributed by atoms with Crippen LogP contribution >= 0.6 is 0 Å². The molecule has 1 saturated carbocycles. The van der Waals surface area contributed by atoms with Crippen LogP contribution in [0.3, 0.4) is 0 Å². The summed E-state index contributed by atoms with van der Waals surface area (Å²) in [5, 5.41) is 9.08. The molecule has 1 unspecified atom stereocenters. The van der Waals surface area contributed by atoms with Crippen molar-refractivity contribution in [3.8, 4) is 0 Å². The third-order valence-corrected chi connectivity index (χ3v) is 3.46. The number of ketones is 1. The van der Waals surface area contributed by atoms with Gasteiger partial charge >= 0.3 is 0 Å². The number of Topliss-reactive ketones (excluding diaryl/α,β-unsaturated/α-hetero) is 1. The Morgan fingerprint density at radius 3 is 2.53 bits per heavy atom. The molecular formula is C12H23NO2. The zero-order chi connectivity index (χ0) is 11.3. The molecule has 0 bridgehead atoms. The third-order valence-electron chi connectivity index (χ3n) is 3.46. The van der Waals surface area contributed by atoms with E-state index in [0.717, 1.165) is 25.7 Å². The van der Waals surface area contributed by atoms with Gasteiger partial charge in [-0.15, -0.1) is 0 Å². The molecule has 3 heteroatoms. The fourth-order valence-electron chi connectivity index (χ4n) is 2.61. The van der Waals surface area contributed by atoms with Gasteiger partial charge in [-0.05, 0) is 19.3 Å². The van der Waals surface area contributed by atoms with E-state index in [9.17, 15) is 4.79 Å². The molecule has 15 heavy (non-hydrogen) atoms. The molecule has 0 amide bonds. The predicted octanol–water partition coefficient (Wildman–Crippen LogP) is 1.59. The van der Waals surface area contributed by atoms with Crippen LogP contribution in [0.4, 0.5) is 0 Å². The van der Waals surface area contributed by atoms with Crippen molar-refractivity contribution in [3.05, 3.63) is 0 Å². The highest BCUT2D eigenvalue weighted by Crippen LogP contribution is 2.24. The van der Waals surface area contributed by atoms with E-state index in [1.807, 2.05) is 0 Å². The van der Waals surface area contributed by atoms with Gasteiger partial charge in [-0.2, -0.15) is 0 Å². The molecule has 0 aromatic rings. The summed E-state index contributed by atoms with van der Waals surface area (Å²) < 4.78 is 0. The standard InChI is InChI=1S/C12H23NO2/c1-3-10(4-2)13(7-8-14)11-5-6-12(15)9-11/h10-11,14H,3-9H2,1-2H3. The summed E-state index contributed by atoms with van der Waals surface area (Å²) in [5.74, 6) is 0.383. The average Bonchev–Trinajstić information content (AvgIpc) is 2.65. The summed E-state index contributed by atoms with van der Waals surface area (Å²) in [4.78, 5) is 13.6. The first-order valence-electron chi connectivity index (χ1n) is 6.11. The van der Waals surface area contributed by atoms with Crippen molar-refractivity contribution in [1.82, 2.24) is 4.90 Å². The molecular weight excluding hydrogens is 190 g/mol. The minimum Gasteiger partial charge on any atom is -0.395 e. The summed E-state index contributed by atoms with van der Waals surface area (Å²) in [7, 11) is 0. The van der Waals surface area contributed by atoms with Crippen molar-refractivity contribution >= 4 is 5.78 Å². The second kappa shape index (κ2) is 6.23. The molecule has 0 radical (unpaired) electrons. The average molecular weight is 213 g/mol. The van der Waals surface area contributed by atoms with Gasteiger partial charge in [-0.1, -0.05) is 13.8 Å². The first kappa shape index (κ1) is 12.7. The van der Waals surface area contributed by atoms with Crippen LogP contribution in [0.15, 0.2) is 0 Å². The van der Waals surface area contributed by atoms with Gasteiger partial charge < -0.3 is 5.11 Å². The number of carbonyl (C=O) groups is 1. The van der Waals surface area contributed by atoms with Gasteiger partial charge in [0.2, 0.25) is 0 Å². The molecule has 3 nitrogen and oxygen atoms in total. The minimum absolute atomic E-state index is 0.196. The van der Waals surface area contributed by atoms with Crippen molar-refractivity contribution in [2.24, 2.45) is 0 Å². The molecule has 1 fully saturated rings. The monoisotopic (exact) mass is 213 g/mol. The molecule has 0 spiro atoms. The quantitative estimate of drug-likeness (QED) is 0.728. The zero-order valence-electron chi connectivity index (χ0n) is 9.91. The summed E-state index contributed by atoms with van der Waals surface area (Å²) in [5.41, 5.74) is 0. The topological polar surface area (TPSA) is 40.5 Å². The molecule has 0 heterocycles. The first-order valence-corrected chi connectivity index (χ1v) is 6.11. The molecule has 88 valence electrons. The molecule has 1 atom stereocenters. The third kappa shape index (κ3) is 3.28. The van der Waals surface area contributed by atoms with Gasteiger partial charge in [-0.25, -0.2) is 0 Å². The van der Waals surface area contributed by atoms with Crippen LogP contribution in [-0.2, 0) is 4.79 Å². The van der Waals surface area contributed by atoms with Crippen molar-refractivity contribution in [2.75, 3.05) is 13.2 Å². The number of hydrogen-bond acceptors (Lipinski definition) is 3. The van der Waals surface area contributed by atoms with E-state index >= 15 is 0 Å². The second-order valence-electron chi connectivity index (χ2n) is 4.37. The van der Waals surface area contributed by atoms with E-state index < -0.39 is 0 Å². The van der Waals surface area contributed by atoms with Crippen LogP contribution in [0.2, 0.25) is 0 Å². The van der Waals surface area contributed by atoms with Gasteiger partial charge in [0.1, 0.15) is 5.78 Å². The number of hydrogen-bond donors (Lipinski definition) is 1. The van der Waals surface area contributed by atoms with Gasteiger partial charge in [0.25, 0.3) is 0 Å². The molecule has 0 saturated heterocycles. The Balaban J connectivity index is 2.59. The molecule has 1 aliphatic rings. The number of carbonyl (C=O) groups excluding carboxylic acids is 1. The van der Waals surface area contributed by atoms with E-state index in [0.29, 0.717) is 30.8 Å². The second-order valence-corrected chi connectivity index (χ2v) is 4.37. The lowest BCUT2D eigenvalue weighted by Gasteiger charge is -2.34. The van der Waals surface area contributed by atoms with E-state index in [-0.39, 0.29) is 6.61 Å². The van der Waals surface area contributed by atoms with Crippen molar-refractivity contribution in [2.45, 2.75) is 58.0 Å². The lowest BCUT2D eigenvalue weighted by molar-refractivity contribution is -0.117. The number of nitrogens with zero attached hydrogens (tertiary/aromatic N) is 1. The highest BCUT2D eigenvalue weighted by molar-refractivity contribution is 5.81. The number of rotatable bonds is 6. The highest BCUT2D eigenvalue weighted by Gasteiger charge is 2.30. The van der Waals surface area contributed by atoms with E-state index in [1.54, 1.807) is 0 Å². The molecule has 1 aliphatic carbocycles. The van der Waals surface area contributed by atoms with Crippen LogP contribution in [0.5, 0.6) is 0 Å². The molecule has 1 N–H and O–H groups in total. The lowest BCUT2D eigenvalue weighted by atomic mass is 10.1. The Labute approximate surface area is 92.5 Å². The maximum Gasteiger partial charge on any atom is 0.134 e. The maximum atomic E-state index is 11.3. The maximum absolute atomic E-state index is 11.3. The Hall–Kier alpha value is -0.410. The molecule has 1 rings (SSSR count). The van der Waals surface area contributed by atoms with Crippen LogP contribution in [-0.4, -0.2) is 41.0 Å². The minimum atomic E-state index is 0.196. The van der Waals surface area contributed by atoms with E-state index in [2.05, 4.69) is 18.7 Å². The molecule has 0 aliphatic heterocycles. The predicted molar refractivity (Wildman–Crippen MR) is 60.8 cm³/mol. The van der Waals surface area contributed by atoms with Crippen LogP contribution in [0.1, 0.15) is 46.0 Å². The van der Waals surface area contributed by atoms with Crippen molar-refractivity contribution in [3.63, 3.8) is 0 Å². The van der Waals surface area contributed by atoms with Crippen molar-refractivity contribution < 1.29 is 9.90 Å². The Morgan fingerprint density at radius 2 is 2.13 bits per heavy atom. The van der Waals surface area contributed by atoms with Crippen LogP contribution in [0, 0.1) is 0 Å². The van der Waals surface area contributed by atoms with Gasteiger partial charge in [-0.3, -0.25) is 9.69 Å². The molecule has 0 aromatic heterocycles. The SMILES string of the molecule is CCC(CC)N(CCO)C1CCC(=O)C1. The van der Waals surface area contributed by atoms with Gasteiger partial charge in [0, 0.05) is 31.5 Å². The lowest BCUT2D eigenvalue weighted by Crippen LogP contribution is -2.43. The first-order chi connectivity index (χ1) is 7.22. The number of aliphatic hydroxyl groups is 1. The van der Waals surface area contributed by atoms with Gasteiger partial charge in [0.15, 0.2) is 0 Å². The van der Waals surface area contributed by atoms with Crippen LogP contribution in [0.25, 0.3) is 0 Å². The van der Waals surface area contributed by atoms with E-state index in [1.165, 1.54) is 0 Å². The van der Waals surface area contributed by atoms with E-state index in [4.69, 9.17) is 5.11 Å². The normalized spacial score (nSPS) is 21.9. The largest absolute Gasteiger partial charge is 0.395 e. The Morgan fingerprint density at radius 1 is 1.47 bits per heavy atom. The highest BCUT2D eigenvalue weighted by atomic mass is 16.3. The fourth-order valence-corrected chi connectivity index (χ4v) is 2.61. The number of aliphatic hydroxyl groups excluding tert-OH is 1. The summed E-state index contributed by atoms with van der Waals surface area (Å²) in [6, 6.07) is 0.905. The zero-order valence-corrected chi connectivity index (χ0v) is 9.91. The van der Waals surface area contributed by atoms with Gasteiger partial charge in [0.05, 0.1) is 6.61 Å². The Kier molecular flexibility index (Phi) is 5.26. The van der Waals surface area contributed by atoms with Crippen molar-refractivity contribution in [1.29, 1.82) is 0 Å². The summed E-state index contributed by atoms with van der Waals surface area (Å²) in [6.45, 7) is 5.26.